The maximum Gasteiger partial charge on any atom is 0.254 e. The standard InChI is InChI=1S/C54H58N4O7/c1-4-29-64-54-50(58(53(61)39-23-21-37(33-55)22-24-39)34-41-17-12-16-38-14-5-6-19-44(38)41)32-48(57-62-3)46-30-40(15-7-9-27-59)45(20-8-10-28-60)51(52(46)54)47-31-43(25-26-49(47)65-54)63-35-42-18-11-13-36(2)56-42/h4-6,11-14,16-19,21-26,30-31,40,45,50-52,59-60H,1,7-10,15,20,27-29,32,34-35H2,2-3H3/t40-,45+,50-,51+,52+,54+/m0/s1. The first kappa shape index (κ1) is 45.3. The van der Waals surface area contributed by atoms with Gasteiger partial charge in [0.2, 0.25) is 5.79 Å². The molecule has 0 bridgehead atoms. The van der Waals surface area contributed by atoms with E-state index in [1.165, 1.54) is 0 Å². The summed E-state index contributed by atoms with van der Waals surface area (Å²) in [6.45, 7) is 6.85. The van der Waals surface area contributed by atoms with E-state index in [1.54, 1.807) is 37.5 Å². The number of ether oxygens (including phenoxy) is 3. The van der Waals surface area contributed by atoms with Crippen LogP contribution >= 0.6 is 0 Å². The number of pyridine rings is 1. The largest absolute Gasteiger partial charge is 0.487 e. The Labute approximate surface area is 381 Å². The third kappa shape index (κ3) is 9.43. The van der Waals surface area contributed by atoms with Gasteiger partial charge < -0.3 is 34.2 Å². The zero-order chi connectivity index (χ0) is 45.3. The first-order valence-electron chi connectivity index (χ1n) is 22.8. The molecule has 1 fully saturated rings. The highest BCUT2D eigenvalue weighted by molar-refractivity contribution is 6.03. The molecule has 0 radical (unpaired) electrons. The summed E-state index contributed by atoms with van der Waals surface area (Å²) in [6.07, 6.45) is 8.87. The number of hydrogen-bond donors (Lipinski definition) is 2. The molecule has 1 saturated carbocycles. The molecule has 4 aromatic carbocycles. The fraction of sp³-hybridized carbons (Fsp3) is 0.370. The van der Waals surface area contributed by atoms with Crippen LogP contribution in [0, 0.1) is 36.0 Å². The number of aryl methyl sites for hydroxylation is 1. The van der Waals surface area contributed by atoms with E-state index in [-0.39, 0.29) is 63.1 Å². The van der Waals surface area contributed by atoms with E-state index in [4.69, 9.17) is 24.2 Å². The van der Waals surface area contributed by atoms with Crippen molar-refractivity contribution >= 4 is 22.4 Å². The molecule has 2 heterocycles. The summed E-state index contributed by atoms with van der Waals surface area (Å²) in [5, 5.41) is 36.5. The van der Waals surface area contributed by atoms with Gasteiger partial charge in [0.25, 0.3) is 5.91 Å². The number of oxime groups is 1. The molecule has 0 saturated heterocycles. The van der Waals surface area contributed by atoms with E-state index in [9.17, 15) is 15.5 Å². The lowest BCUT2D eigenvalue weighted by molar-refractivity contribution is -0.255. The molecule has 336 valence electrons. The van der Waals surface area contributed by atoms with Crippen LogP contribution in [0.3, 0.4) is 0 Å². The van der Waals surface area contributed by atoms with Gasteiger partial charge in [-0.1, -0.05) is 78.7 Å². The van der Waals surface area contributed by atoms with E-state index in [2.05, 4.69) is 54.0 Å². The monoisotopic (exact) mass is 874 g/mol. The van der Waals surface area contributed by atoms with Crippen LogP contribution in [-0.2, 0) is 22.7 Å². The third-order valence-corrected chi connectivity index (χ3v) is 13.3. The number of allylic oxidation sites excluding steroid dienone is 1. The zero-order valence-corrected chi connectivity index (χ0v) is 37.3. The average molecular weight is 875 g/mol. The second kappa shape index (κ2) is 20.7. The fourth-order valence-corrected chi connectivity index (χ4v) is 10.5. The second-order valence-corrected chi connectivity index (χ2v) is 17.3. The number of carbonyl (C=O) groups excluding carboxylic acids is 1. The van der Waals surface area contributed by atoms with Gasteiger partial charge in [-0.3, -0.25) is 9.78 Å². The fourth-order valence-electron chi connectivity index (χ4n) is 10.5. The predicted molar refractivity (Wildman–Crippen MR) is 250 cm³/mol. The summed E-state index contributed by atoms with van der Waals surface area (Å²) in [5.41, 5.74) is 6.15. The van der Waals surface area contributed by atoms with Crippen molar-refractivity contribution in [2.45, 2.75) is 82.8 Å². The van der Waals surface area contributed by atoms with Gasteiger partial charge in [0.05, 0.1) is 35.6 Å². The highest BCUT2D eigenvalue weighted by atomic mass is 16.7. The van der Waals surface area contributed by atoms with E-state index < -0.39 is 17.7 Å². The maximum atomic E-state index is 15.5. The molecule has 3 aliphatic rings. The highest BCUT2D eigenvalue weighted by Gasteiger charge is 2.65. The Kier molecular flexibility index (Phi) is 14.4. The molecular formula is C54H58N4O7. The Hall–Kier alpha value is -6.32. The number of aliphatic hydroxyl groups is 2. The van der Waals surface area contributed by atoms with Crippen LogP contribution in [0.15, 0.2) is 133 Å². The number of aliphatic hydroxyl groups excluding tert-OH is 2. The molecule has 0 spiro atoms. The summed E-state index contributed by atoms with van der Waals surface area (Å²) < 4.78 is 21.2. The van der Waals surface area contributed by atoms with E-state index in [1.807, 2.05) is 60.4 Å². The summed E-state index contributed by atoms with van der Waals surface area (Å²) in [4.78, 5) is 27.7. The van der Waals surface area contributed by atoms with Crippen LogP contribution in [0.2, 0.25) is 0 Å². The van der Waals surface area contributed by atoms with E-state index in [0.717, 1.165) is 64.5 Å². The molecular weight excluding hydrogens is 817 g/mol. The maximum absolute atomic E-state index is 15.5. The summed E-state index contributed by atoms with van der Waals surface area (Å²) in [5.74, 6) is -1.02. The van der Waals surface area contributed by atoms with Crippen molar-refractivity contribution < 1.29 is 34.1 Å². The number of hydrogen-bond acceptors (Lipinski definition) is 10. The summed E-state index contributed by atoms with van der Waals surface area (Å²) in [7, 11) is 1.55. The molecule has 1 aliphatic heterocycles. The number of rotatable bonds is 19. The lowest BCUT2D eigenvalue weighted by atomic mass is 9.55. The van der Waals surface area contributed by atoms with Crippen LogP contribution in [0.1, 0.15) is 89.3 Å². The molecule has 1 aromatic heterocycles. The average Bonchev–Trinajstić information content (AvgIpc) is 3.33. The van der Waals surface area contributed by atoms with Crippen molar-refractivity contribution in [1.29, 1.82) is 5.26 Å². The van der Waals surface area contributed by atoms with Gasteiger partial charge in [-0.25, -0.2) is 0 Å². The normalized spacial score (nSPS) is 22.5. The van der Waals surface area contributed by atoms with Crippen molar-refractivity contribution in [2.24, 2.45) is 22.9 Å². The van der Waals surface area contributed by atoms with Gasteiger partial charge in [-0.15, -0.1) is 6.58 Å². The van der Waals surface area contributed by atoms with Gasteiger partial charge in [0.1, 0.15) is 31.3 Å². The van der Waals surface area contributed by atoms with Gasteiger partial charge in [-0.2, -0.15) is 5.26 Å². The van der Waals surface area contributed by atoms with Crippen LogP contribution in [0.4, 0.5) is 0 Å². The van der Waals surface area contributed by atoms with E-state index >= 15 is 4.79 Å². The minimum absolute atomic E-state index is 0.0420. The van der Waals surface area contributed by atoms with Crippen molar-refractivity contribution in [3.63, 3.8) is 0 Å². The molecule has 0 unspecified atom stereocenters. The molecule has 65 heavy (non-hydrogen) atoms. The highest BCUT2D eigenvalue weighted by Crippen LogP contribution is 2.62. The molecule has 11 heteroatoms. The van der Waals surface area contributed by atoms with Crippen LogP contribution < -0.4 is 9.47 Å². The third-order valence-electron chi connectivity index (χ3n) is 13.3. The number of benzene rings is 4. The van der Waals surface area contributed by atoms with Crippen LogP contribution in [0.25, 0.3) is 10.8 Å². The lowest BCUT2D eigenvalue weighted by Crippen LogP contribution is -2.70. The molecule has 11 nitrogen and oxygen atoms in total. The number of unbranched alkanes of at least 4 members (excludes halogenated alkanes) is 2. The number of fused-ring (bicyclic) bond motifs is 3. The Morgan fingerprint density at radius 1 is 0.985 bits per heavy atom. The number of carbonyl (C=O) groups is 1. The topological polar surface area (TPSA) is 147 Å². The Bertz CT molecular complexity index is 2580. The molecule has 5 aromatic rings. The number of nitriles is 1. The van der Waals surface area contributed by atoms with Crippen LogP contribution in [0.5, 0.6) is 11.5 Å². The second-order valence-electron chi connectivity index (χ2n) is 17.3. The number of aromatic nitrogens is 1. The van der Waals surface area contributed by atoms with Crippen molar-refractivity contribution in [3.8, 4) is 17.6 Å². The van der Waals surface area contributed by atoms with Crippen molar-refractivity contribution in [2.75, 3.05) is 26.9 Å². The smallest absolute Gasteiger partial charge is 0.254 e. The summed E-state index contributed by atoms with van der Waals surface area (Å²) in [6, 6.07) is 34.3. The molecule has 8 rings (SSSR count). The lowest BCUT2D eigenvalue weighted by Gasteiger charge is -2.60. The Morgan fingerprint density at radius 3 is 2.51 bits per heavy atom. The first-order chi connectivity index (χ1) is 31.8. The predicted octanol–water partition coefficient (Wildman–Crippen LogP) is 9.60. The molecule has 6 atom stereocenters. The summed E-state index contributed by atoms with van der Waals surface area (Å²) >= 11 is 0. The first-order valence-corrected chi connectivity index (χ1v) is 22.8. The SMILES string of the molecule is C=CCO[C@@]12Oc3ccc(OCc4cccc(C)n4)cc3[C@H]3[C@H](CCCCO)[C@@H](CCCCO)C=C(C(=NOC)C[C@@H]1N(Cc1cccc4ccccc14)C(=O)c1ccc(C#N)cc1)[C@H]32. The number of amides is 1. The van der Waals surface area contributed by atoms with Gasteiger partial charge in [0, 0.05) is 48.9 Å². The van der Waals surface area contributed by atoms with E-state index in [0.29, 0.717) is 41.2 Å². The molecule has 2 N–H and O–H groups in total. The molecule has 2 aliphatic carbocycles. The van der Waals surface area contributed by atoms with Crippen molar-refractivity contribution in [3.05, 3.63) is 161 Å². The molecule has 1 amide bonds. The minimum atomic E-state index is -1.46. The van der Waals surface area contributed by atoms with Gasteiger partial charge in [-0.05, 0) is 121 Å². The van der Waals surface area contributed by atoms with Gasteiger partial charge >= 0.3 is 0 Å². The zero-order valence-electron chi connectivity index (χ0n) is 37.3. The van der Waals surface area contributed by atoms with Gasteiger partial charge in [0.15, 0.2) is 0 Å². The quantitative estimate of drug-likeness (QED) is 0.0471. The Morgan fingerprint density at radius 2 is 1.75 bits per heavy atom. The minimum Gasteiger partial charge on any atom is -0.487 e. The number of nitrogens with zero attached hydrogens (tertiary/aromatic N) is 4. The van der Waals surface area contributed by atoms with Crippen molar-refractivity contribution in [1.82, 2.24) is 9.88 Å². The Balaban J connectivity index is 1.35. The van der Waals surface area contributed by atoms with Crippen LogP contribution in [-0.4, -0.2) is 70.5 Å².